The normalized spacial score (nSPS) is 37.0. The van der Waals surface area contributed by atoms with Gasteiger partial charge in [-0.3, -0.25) is 28.9 Å². The Kier molecular flexibility index (Phi) is 5.24. The number of primary amides is 1. The molecule has 1 aromatic rings. The van der Waals surface area contributed by atoms with Crippen molar-refractivity contribution in [3.05, 3.63) is 28.8 Å². The molecular formula is C23H23N3O8. The van der Waals surface area contributed by atoms with Crippen molar-refractivity contribution in [2.24, 2.45) is 29.4 Å². The van der Waals surface area contributed by atoms with Crippen molar-refractivity contribution in [1.82, 2.24) is 4.90 Å². The molecule has 0 aliphatic heterocycles. The summed E-state index contributed by atoms with van der Waals surface area (Å²) in [5.74, 6) is -14.2. The summed E-state index contributed by atoms with van der Waals surface area (Å²) in [6, 6.07) is 2.92. The highest BCUT2D eigenvalue weighted by Crippen LogP contribution is 2.54. The highest BCUT2D eigenvalue weighted by atomic mass is 16.3. The summed E-state index contributed by atoms with van der Waals surface area (Å²) >= 11 is 0. The lowest BCUT2D eigenvalue weighted by Gasteiger charge is -2.56. The fraction of sp³-hybridized carbons (Fsp3) is 0.478. The van der Waals surface area contributed by atoms with E-state index in [1.54, 1.807) is 6.92 Å². The quantitative estimate of drug-likeness (QED) is 0.361. The summed E-state index contributed by atoms with van der Waals surface area (Å²) in [7, 11) is 2.83. The third-order valence-corrected chi connectivity index (χ3v) is 7.59. The van der Waals surface area contributed by atoms with Gasteiger partial charge in [0.25, 0.3) is 0 Å². The number of hydrogen-bond donors (Lipinski definition) is 4. The van der Waals surface area contributed by atoms with Gasteiger partial charge in [-0.1, -0.05) is 6.92 Å². The van der Waals surface area contributed by atoms with Gasteiger partial charge in [0.05, 0.1) is 41.2 Å². The second-order valence-corrected chi connectivity index (χ2v) is 9.40. The van der Waals surface area contributed by atoms with E-state index in [1.165, 1.54) is 25.1 Å². The maximum atomic E-state index is 13.7. The van der Waals surface area contributed by atoms with E-state index in [0.29, 0.717) is 0 Å². The number of ketones is 4. The molecule has 4 rings (SSSR count). The average molecular weight is 469 g/mol. The number of Topliss-reactive ketones (excluding diaryl/α,β-unsaturated/α-hetero) is 4. The minimum atomic E-state index is -3.04. The monoisotopic (exact) mass is 469 g/mol. The van der Waals surface area contributed by atoms with E-state index in [2.05, 4.69) is 0 Å². The molecule has 0 heterocycles. The number of aromatic hydroxyl groups is 1. The Balaban J connectivity index is 1.99. The van der Waals surface area contributed by atoms with Crippen LogP contribution in [0.25, 0.3) is 0 Å². The van der Waals surface area contributed by atoms with Crippen LogP contribution in [-0.2, 0) is 19.2 Å². The number of nitrogens with zero attached hydrogens (tertiary/aromatic N) is 2. The number of phenolic OH excluding ortho intramolecular Hbond substituents is 1. The number of rotatable bonds is 2. The predicted molar refractivity (Wildman–Crippen MR) is 112 cm³/mol. The van der Waals surface area contributed by atoms with Crippen molar-refractivity contribution in [2.75, 3.05) is 14.1 Å². The zero-order valence-corrected chi connectivity index (χ0v) is 18.6. The fourth-order valence-corrected chi connectivity index (χ4v) is 6.17. The van der Waals surface area contributed by atoms with Crippen LogP contribution in [0.4, 0.5) is 0 Å². The number of benzene rings is 1. The van der Waals surface area contributed by atoms with Gasteiger partial charge < -0.3 is 21.1 Å². The number of aliphatic hydroxyl groups is 2. The Bertz CT molecular complexity index is 1220. The van der Waals surface area contributed by atoms with Gasteiger partial charge in [0.1, 0.15) is 5.75 Å². The SMILES string of the molecule is CC1c2c(C#N)ccc(O)c2C(=O)C2C(=O)C3(O)C(=O)C(C(N)=O)C(=O)C(N(C)C)C3C(O)C21. The smallest absolute Gasteiger partial charge is 0.235 e. The number of carbonyl (C=O) groups excluding carboxylic acids is 5. The van der Waals surface area contributed by atoms with Crippen LogP contribution in [0, 0.1) is 35.0 Å². The Morgan fingerprint density at radius 3 is 2.32 bits per heavy atom. The molecular weight excluding hydrogens is 446 g/mol. The van der Waals surface area contributed by atoms with Gasteiger partial charge in [0, 0.05) is 5.92 Å². The van der Waals surface area contributed by atoms with Crippen LogP contribution in [0.3, 0.4) is 0 Å². The van der Waals surface area contributed by atoms with Crippen molar-refractivity contribution < 1.29 is 39.3 Å². The molecule has 34 heavy (non-hydrogen) atoms. The lowest BCUT2D eigenvalue weighted by molar-refractivity contribution is -0.196. The minimum absolute atomic E-state index is 0.0568. The van der Waals surface area contributed by atoms with Crippen molar-refractivity contribution in [1.29, 1.82) is 5.26 Å². The summed E-state index contributed by atoms with van der Waals surface area (Å²) in [4.78, 5) is 66.7. The van der Waals surface area contributed by atoms with Gasteiger partial charge in [-0.05, 0) is 37.7 Å². The first-order chi connectivity index (χ1) is 15.8. The molecule has 3 aliphatic carbocycles. The molecule has 0 aromatic heterocycles. The van der Waals surface area contributed by atoms with E-state index in [1.807, 2.05) is 6.07 Å². The number of hydrogen-bond acceptors (Lipinski definition) is 10. The summed E-state index contributed by atoms with van der Waals surface area (Å²) in [5, 5.41) is 42.9. The third kappa shape index (κ3) is 2.70. The van der Waals surface area contributed by atoms with Gasteiger partial charge >= 0.3 is 0 Å². The number of likely N-dealkylation sites (N-methyl/N-ethyl adjacent to an activating group) is 1. The molecule has 0 saturated heterocycles. The number of carbonyl (C=O) groups is 5. The second-order valence-electron chi connectivity index (χ2n) is 9.40. The van der Waals surface area contributed by atoms with Crippen molar-refractivity contribution in [3.8, 4) is 11.8 Å². The minimum Gasteiger partial charge on any atom is -0.507 e. The molecule has 8 atom stereocenters. The number of phenols is 1. The molecule has 0 radical (unpaired) electrons. The second kappa shape index (κ2) is 7.53. The maximum Gasteiger partial charge on any atom is 0.235 e. The molecule has 1 aromatic carbocycles. The number of aliphatic hydroxyl groups excluding tert-OH is 1. The topological polar surface area (TPSA) is 199 Å². The summed E-state index contributed by atoms with van der Waals surface area (Å²) in [5.41, 5.74) is 2.10. The number of nitrogens with two attached hydrogens (primary N) is 1. The van der Waals surface area contributed by atoms with E-state index < -0.39 is 82.1 Å². The molecule has 11 heteroatoms. The van der Waals surface area contributed by atoms with E-state index in [9.17, 15) is 44.6 Å². The Morgan fingerprint density at radius 2 is 1.79 bits per heavy atom. The van der Waals surface area contributed by atoms with Crippen LogP contribution >= 0.6 is 0 Å². The molecule has 3 aliphatic rings. The summed E-state index contributed by atoms with van der Waals surface area (Å²) in [6.07, 6.45) is -1.73. The van der Waals surface area contributed by atoms with Crippen LogP contribution in [-0.4, -0.2) is 81.1 Å². The predicted octanol–water partition coefficient (Wildman–Crippen LogP) is -1.73. The Hall–Kier alpha value is -3.46. The molecule has 178 valence electrons. The lowest BCUT2D eigenvalue weighted by atomic mass is 9.49. The zero-order chi connectivity index (χ0) is 25.4. The van der Waals surface area contributed by atoms with Crippen LogP contribution in [0.2, 0.25) is 0 Å². The largest absolute Gasteiger partial charge is 0.507 e. The number of amides is 1. The van der Waals surface area contributed by atoms with Crippen LogP contribution in [0.15, 0.2) is 12.1 Å². The first-order valence-corrected chi connectivity index (χ1v) is 10.6. The average Bonchev–Trinajstić information content (AvgIpc) is 2.75. The molecule has 2 saturated carbocycles. The molecule has 0 spiro atoms. The zero-order valence-electron chi connectivity index (χ0n) is 18.6. The van der Waals surface area contributed by atoms with E-state index in [-0.39, 0.29) is 16.7 Å². The van der Waals surface area contributed by atoms with Crippen molar-refractivity contribution in [3.63, 3.8) is 0 Å². The standard InChI is InChI=1S/C23H23N3O8/c1-7-10-8(6-24)4-5-9(27)12(10)17(28)13-11(7)18(29)15-16(26(2)3)19(30)14(22(25)33)21(32)23(15,34)20(13)31/h4-5,7,11,13-16,18,27,29,34H,1-3H3,(H2,25,33). The Morgan fingerprint density at radius 1 is 1.18 bits per heavy atom. The molecule has 11 nitrogen and oxygen atoms in total. The summed E-state index contributed by atoms with van der Waals surface area (Å²) < 4.78 is 0. The van der Waals surface area contributed by atoms with Gasteiger partial charge in [0.2, 0.25) is 5.91 Å². The van der Waals surface area contributed by atoms with Gasteiger partial charge in [-0.25, -0.2) is 0 Å². The van der Waals surface area contributed by atoms with Crippen LogP contribution in [0.1, 0.15) is 34.3 Å². The molecule has 1 amide bonds. The lowest BCUT2D eigenvalue weighted by Crippen LogP contribution is -2.77. The third-order valence-electron chi connectivity index (χ3n) is 7.59. The molecule has 2 fully saturated rings. The van der Waals surface area contributed by atoms with Gasteiger partial charge in [0.15, 0.2) is 34.7 Å². The Labute approximate surface area is 193 Å². The first-order valence-electron chi connectivity index (χ1n) is 10.6. The highest BCUT2D eigenvalue weighted by Gasteiger charge is 2.73. The highest BCUT2D eigenvalue weighted by molar-refractivity contribution is 6.32. The molecule has 8 unspecified atom stereocenters. The summed E-state index contributed by atoms with van der Waals surface area (Å²) in [6.45, 7) is 1.55. The van der Waals surface area contributed by atoms with E-state index in [0.717, 1.165) is 6.07 Å². The van der Waals surface area contributed by atoms with Crippen LogP contribution in [0.5, 0.6) is 5.75 Å². The number of nitriles is 1. The van der Waals surface area contributed by atoms with E-state index >= 15 is 0 Å². The van der Waals surface area contributed by atoms with Gasteiger partial charge in [-0.2, -0.15) is 5.26 Å². The molecule has 0 bridgehead atoms. The van der Waals surface area contributed by atoms with Crippen molar-refractivity contribution in [2.45, 2.75) is 30.6 Å². The molecule has 5 N–H and O–H groups in total. The van der Waals surface area contributed by atoms with Crippen LogP contribution < -0.4 is 5.73 Å². The van der Waals surface area contributed by atoms with E-state index in [4.69, 9.17) is 5.73 Å². The fourth-order valence-electron chi connectivity index (χ4n) is 6.17. The van der Waals surface area contributed by atoms with Crippen molar-refractivity contribution >= 4 is 29.0 Å². The maximum absolute atomic E-state index is 13.7. The number of fused-ring (bicyclic) bond motifs is 3. The van der Waals surface area contributed by atoms with Gasteiger partial charge in [-0.15, -0.1) is 0 Å². The first kappa shape index (κ1) is 23.7.